The quantitative estimate of drug-likeness (QED) is 0.530. The van der Waals surface area contributed by atoms with E-state index in [9.17, 15) is 17.2 Å². The van der Waals surface area contributed by atoms with Gasteiger partial charge in [-0.1, -0.05) is 0 Å². The van der Waals surface area contributed by atoms with Crippen LogP contribution in [0.25, 0.3) is 0 Å². The molecule has 0 radical (unpaired) electrons. The van der Waals surface area contributed by atoms with E-state index in [1.807, 2.05) is 26.8 Å². The van der Waals surface area contributed by atoms with Crippen LogP contribution in [-0.4, -0.2) is 31.5 Å². The SMILES string of the molecule is CCN(CC)c1cc(Nc2ccc(NS(=O)(=O)c3cc(F)cc(F)c3)cc2)nc(C)n1. The number of aryl methyl sites for hydroxylation is 1. The van der Waals surface area contributed by atoms with E-state index in [4.69, 9.17) is 0 Å². The molecule has 1 heterocycles. The van der Waals surface area contributed by atoms with Crippen molar-refractivity contribution in [3.63, 3.8) is 0 Å². The summed E-state index contributed by atoms with van der Waals surface area (Å²) in [5.41, 5.74) is 0.932. The third-order valence-electron chi connectivity index (χ3n) is 4.47. The lowest BCUT2D eigenvalue weighted by Gasteiger charge is -2.20. The minimum Gasteiger partial charge on any atom is -0.357 e. The van der Waals surface area contributed by atoms with Gasteiger partial charge in [-0.3, -0.25) is 4.72 Å². The Morgan fingerprint density at radius 3 is 2.06 bits per heavy atom. The van der Waals surface area contributed by atoms with E-state index >= 15 is 0 Å². The Morgan fingerprint density at radius 1 is 0.903 bits per heavy atom. The largest absolute Gasteiger partial charge is 0.357 e. The zero-order valence-corrected chi connectivity index (χ0v) is 18.2. The van der Waals surface area contributed by atoms with E-state index in [1.54, 1.807) is 12.1 Å². The second-order valence-electron chi connectivity index (χ2n) is 6.74. The molecule has 2 aromatic carbocycles. The van der Waals surface area contributed by atoms with Crippen molar-refractivity contribution in [1.29, 1.82) is 0 Å². The molecule has 0 unspecified atom stereocenters. The average Bonchev–Trinajstić information content (AvgIpc) is 2.69. The fraction of sp³-hybridized carbons (Fsp3) is 0.238. The van der Waals surface area contributed by atoms with Crippen LogP contribution in [0.4, 0.5) is 31.8 Å². The summed E-state index contributed by atoms with van der Waals surface area (Å²) in [6.45, 7) is 7.54. The maximum Gasteiger partial charge on any atom is 0.262 e. The highest BCUT2D eigenvalue weighted by Gasteiger charge is 2.17. The Balaban J connectivity index is 1.76. The first-order valence-corrected chi connectivity index (χ1v) is 11.1. The summed E-state index contributed by atoms with van der Waals surface area (Å²) >= 11 is 0. The predicted octanol–water partition coefficient (Wildman–Crippen LogP) is 4.45. The van der Waals surface area contributed by atoms with Crippen LogP contribution >= 0.6 is 0 Å². The highest BCUT2D eigenvalue weighted by Crippen LogP contribution is 2.23. The van der Waals surface area contributed by atoms with E-state index in [-0.39, 0.29) is 5.69 Å². The van der Waals surface area contributed by atoms with Gasteiger partial charge in [-0.2, -0.15) is 0 Å². The summed E-state index contributed by atoms with van der Waals surface area (Å²) in [4.78, 5) is 10.5. The van der Waals surface area contributed by atoms with Crippen molar-refractivity contribution in [2.24, 2.45) is 0 Å². The first-order valence-electron chi connectivity index (χ1n) is 9.67. The minimum absolute atomic E-state index is 0.248. The van der Waals surface area contributed by atoms with Gasteiger partial charge in [-0.25, -0.2) is 27.2 Å². The number of sulfonamides is 1. The summed E-state index contributed by atoms with van der Waals surface area (Å²) in [5, 5.41) is 3.17. The molecule has 2 N–H and O–H groups in total. The van der Waals surface area contributed by atoms with Gasteiger partial charge in [0.2, 0.25) is 0 Å². The van der Waals surface area contributed by atoms with Crippen LogP contribution < -0.4 is 14.9 Å². The van der Waals surface area contributed by atoms with Gasteiger partial charge < -0.3 is 10.2 Å². The molecule has 7 nitrogen and oxygen atoms in total. The minimum atomic E-state index is -4.13. The highest BCUT2D eigenvalue weighted by molar-refractivity contribution is 7.92. The first-order chi connectivity index (χ1) is 14.7. The van der Waals surface area contributed by atoms with Crippen molar-refractivity contribution in [3.8, 4) is 0 Å². The van der Waals surface area contributed by atoms with Gasteiger partial charge in [0, 0.05) is 36.6 Å². The zero-order chi connectivity index (χ0) is 22.6. The Bertz CT molecular complexity index is 1150. The highest BCUT2D eigenvalue weighted by atomic mass is 32.2. The molecule has 0 fully saturated rings. The molecule has 0 bridgehead atoms. The number of nitrogens with zero attached hydrogens (tertiary/aromatic N) is 3. The van der Waals surface area contributed by atoms with Crippen LogP contribution in [0, 0.1) is 18.6 Å². The predicted molar refractivity (Wildman–Crippen MR) is 117 cm³/mol. The molecule has 0 aliphatic carbocycles. The third kappa shape index (κ3) is 5.66. The standard InChI is InChI=1S/C21H23F2N5O2S/c1-4-28(5-2)21-13-20(24-14(3)25-21)26-17-6-8-18(9-7-17)27-31(29,30)19-11-15(22)10-16(23)12-19/h6-13,27H,4-5H2,1-3H3,(H,24,25,26). The summed E-state index contributed by atoms with van der Waals surface area (Å²) in [5.74, 6) is 0.108. The van der Waals surface area contributed by atoms with Gasteiger partial charge in [0.25, 0.3) is 10.0 Å². The average molecular weight is 448 g/mol. The molecular weight excluding hydrogens is 424 g/mol. The van der Waals surface area contributed by atoms with Crippen LogP contribution in [0.3, 0.4) is 0 Å². The molecule has 0 spiro atoms. The van der Waals surface area contributed by atoms with E-state index in [0.717, 1.165) is 31.0 Å². The van der Waals surface area contributed by atoms with Crippen molar-refractivity contribution >= 4 is 33.0 Å². The molecule has 0 saturated carbocycles. The molecular formula is C21H23F2N5O2S. The van der Waals surface area contributed by atoms with Crippen LogP contribution in [-0.2, 0) is 10.0 Å². The molecule has 3 rings (SSSR count). The van der Waals surface area contributed by atoms with Crippen molar-refractivity contribution in [1.82, 2.24) is 9.97 Å². The first kappa shape index (κ1) is 22.4. The van der Waals surface area contributed by atoms with Gasteiger partial charge in [0.05, 0.1) is 4.90 Å². The van der Waals surface area contributed by atoms with Gasteiger partial charge in [-0.05, 0) is 57.2 Å². The zero-order valence-electron chi connectivity index (χ0n) is 17.4. The smallest absolute Gasteiger partial charge is 0.262 e. The second kappa shape index (κ2) is 9.25. The topological polar surface area (TPSA) is 87.2 Å². The fourth-order valence-corrected chi connectivity index (χ4v) is 4.09. The van der Waals surface area contributed by atoms with E-state index < -0.39 is 26.6 Å². The Kier molecular flexibility index (Phi) is 6.69. The Morgan fingerprint density at radius 2 is 1.48 bits per heavy atom. The number of aromatic nitrogens is 2. The van der Waals surface area contributed by atoms with Crippen LogP contribution in [0.5, 0.6) is 0 Å². The number of anilines is 4. The molecule has 0 atom stereocenters. The number of hydrogen-bond donors (Lipinski definition) is 2. The Labute approximate surface area is 180 Å². The van der Waals surface area contributed by atoms with Crippen molar-refractivity contribution in [2.45, 2.75) is 25.7 Å². The molecule has 0 amide bonds. The van der Waals surface area contributed by atoms with Gasteiger partial charge >= 0.3 is 0 Å². The maximum absolute atomic E-state index is 13.4. The molecule has 164 valence electrons. The number of benzene rings is 2. The van der Waals surface area contributed by atoms with Crippen molar-refractivity contribution in [3.05, 3.63) is 66.0 Å². The lowest BCUT2D eigenvalue weighted by molar-refractivity contribution is 0.568. The van der Waals surface area contributed by atoms with Crippen LogP contribution in [0.2, 0.25) is 0 Å². The molecule has 31 heavy (non-hydrogen) atoms. The summed E-state index contributed by atoms with van der Waals surface area (Å²) in [6, 6.07) is 10.4. The number of nitrogens with one attached hydrogen (secondary N) is 2. The van der Waals surface area contributed by atoms with Crippen LogP contribution in [0.15, 0.2) is 53.4 Å². The monoisotopic (exact) mass is 447 g/mol. The summed E-state index contributed by atoms with van der Waals surface area (Å²) < 4.78 is 53.8. The molecule has 0 aliphatic rings. The van der Waals surface area contributed by atoms with Gasteiger partial charge in [-0.15, -0.1) is 0 Å². The normalized spacial score (nSPS) is 11.3. The van der Waals surface area contributed by atoms with Crippen molar-refractivity contribution < 1.29 is 17.2 Å². The Hall–Kier alpha value is -3.27. The van der Waals surface area contributed by atoms with E-state index in [1.165, 1.54) is 12.1 Å². The lowest BCUT2D eigenvalue weighted by atomic mass is 10.3. The third-order valence-corrected chi connectivity index (χ3v) is 5.83. The summed E-state index contributed by atoms with van der Waals surface area (Å²) in [6.07, 6.45) is 0. The molecule has 0 saturated heterocycles. The molecule has 1 aromatic heterocycles. The number of halogens is 2. The molecule has 10 heteroatoms. The van der Waals surface area contributed by atoms with E-state index in [2.05, 4.69) is 24.9 Å². The maximum atomic E-state index is 13.4. The van der Waals surface area contributed by atoms with Gasteiger partial charge in [0.15, 0.2) is 0 Å². The lowest BCUT2D eigenvalue weighted by Crippen LogP contribution is -2.23. The second-order valence-corrected chi connectivity index (χ2v) is 8.43. The van der Waals surface area contributed by atoms with E-state index in [0.29, 0.717) is 23.4 Å². The van der Waals surface area contributed by atoms with Gasteiger partial charge in [0.1, 0.15) is 29.1 Å². The fourth-order valence-electron chi connectivity index (χ4n) is 2.99. The van der Waals surface area contributed by atoms with Crippen LogP contribution in [0.1, 0.15) is 19.7 Å². The van der Waals surface area contributed by atoms with Crippen molar-refractivity contribution in [2.75, 3.05) is 28.0 Å². The number of hydrogen-bond acceptors (Lipinski definition) is 6. The number of rotatable bonds is 8. The summed E-state index contributed by atoms with van der Waals surface area (Å²) in [7, 11) is -4.13. The molecule has 3 aromatic rings. The molecule has 0 aliphatic heterocycles.